The third-order valence-electron chi connectivity index (χ3n) is 14.9. The highest BCUT2D eigenvalue weighted by Crippen LogP contribution is 2.50. The van der Waals surface area contributed by atoms with Crippen molar-refractivity contribution in [3.8, 4) is 56.7 Å². The molecule has 12 aromatic rings. The van der Waals surface area contributed by atoms with E-state index >= 15 is 0 Å². The van der Waals surface area contributed by atoms with Gasteiger partial charge in [0.15, 0.2) is 17.5 Å². The highest BCUT2D eigenvalue weighted by molar-refractivity contribution is 6.13. The van der Waals surface area contributed by atoms with Gasteiger partial charge in [-0.15, -0.1) is 0 Å². The molecule has 372 valence electrons. The summed E-state index contributed by atoms with van der Waals surface area (Å²) in [6.45, 7) is 0. The number of hydrogen-bond acceptors (Lipinski definition) is 4. The molecule has 77 heavy (non-hydrogen) atoms. The van der Waals surface area contributed by atoms with E-state index in [0.29, 0.717) is 16.8 Å². The van der Waals surface area contributed by atoms with Gasteiger partial charge in [-0.05, 0) is 108 Å². The molecular weight excluding hydrogens is 979 g/mol. The minimum atomic E-state index is -5.11. The van der Waals surface area contributed by atoms with Gasteiger partial charge in [-0.2, -0.15) is 26.3 Å². The molecule has 0 N–H and O–H groups in total. The van der Waals surface area contributed by atoms with Crippen molar-refractivity contribution in [2.24, 2.45) is 0 Å². The van der Waals surface area contributed by atoms with Crippen LogP contribution in [0.2, 0.25) is 0 Å². The second kappa shape index (κ2) is 17.5. The van der Waals surface area contributed by atoms with E-state index in [4.69, 9.17) is 15.0 Å². The molecule has 0 fully saturated rings. The lowest BCUT2D eigenvalue weighted by Crippen LogP contribution is -2.28. The van der Waals surface area contributed by atoms with Crippen LogP contribution in [0.3, 0.4) is 0 Å². The molecule has 0 saturated heterocycles. The number of aromatic nitrogens is 5. The van der Waals surface area contributed by atoms with Crippen LogP contribution in [0.1, 0.15) is 22.6 Å². The lowest BCUT2D eigenvalue weighted by molar-refractivity contribution is -0.143. The number of halogens is 6. The van der Waals surface area contributed by atoms with Crippen LogP contribution in [0.5, 0.6) is 0 Å². The van der Waals surface area contributed by atoms with Gasteiger partial charge < -0.3 is 14.0 Å². The molecule has 14 rings (SSSR count). The SMILES string of the molecule is FC(F)(F)c1cc(-c2cc(-n3c4ccc(N5c6ccccc6C6C=CC=CC65)cc4c4cc(-n5c6ccccc6c6ccccc65)ccc43)ccc2-c2nc(-c3ccccc3)nc(-c3ccccc3)n2)cc(C(F)(F)F)c1. The van der Waals surface area contributed by atoms with Crippen molar-refractivity contribution in [1.82, 2.24) is 24.1 Å². The fourth-order valence-corrected chi connectivity index (χ4v) is 11.5. The average Bonchev–Trinajstić information content (AvgIpc) is 4.23. The predicted octanol–water partition coefficient (Wildman–Crippen LogP) is 17.5. The van der Waals surface area contributed by atoms with Crippen molar-refractivity contribution in [2.45, 2.75) is 24.3 Å². The van der Waals surface area contributed by atoms with E-state index in [0.717, 1.165) is 72.8 Å². The summed E-state index contributed by atoms with van der Waals surface area (Å²) in [5.41, 5.74) is 6.56. The smallest absolute Gasteiger partial charge is 0.333 e. The number of para-hydroxylation sites is 3. The van der Waals surface area contributed by atoms with Gasteiger partial charge >= 0.3 is 12.4 Å². The van der Waals surface area contributed by atoms with Crippen LogP contribution in [0.25, 0.3) is 100 Å². The molecule has 9 aromatic carbocycles. The van der Waals surface area contributed by atoms with E-state index < -0.39 is 23.5 Å². The Labute approximate surface area is 436 Å². The molecule has 12 heteroatoms. The maximum Gasteiger partial charge on any atom is 0.416 e. The Morgan fingerprint density at radius 2 is 0.844 bits per heavy atom. The minimum Gasteiger partial charge on any atom is -0.333 e. The molecule has 2 unspecified atom stereocenters. The first-order valence-corrected chi connectivity index (χ1v) is 25.1. The standard InChI is InChI=1S/C65H40F6N6/c66-64(67,68)42-33-41(34-43(35-42)65(69,70)71)52-36-44(27-30-51(52)63-73-61(39-15-3-1-4-16-39)72-62(74-63)40-17-5-2-6-18-40)77-59-31-28-45(75-55-23-11-7-19-47(55)48-20-8-12-24-56(48)75)37-53(59)54-38-46(29-32-60(54)77)76-57-25-13-9-21-49(57)50-22-10-14-26-58(50)76/h1-38,47,55H. The van der Waals surface area contributed by atoms with E-state index in [1.165, 1.54) is 5.56 Å². The van der Waals surface area contributed by atoms with Crippen molar-refractivity contribution >= 4 is 55.0 Å². The number of anilines is 2. The summed E-state index contributed by atoms with van der Waals surface area (Å²) in [6, 6.07) is 62.7. The zero-order valence-electron chi connectivity index (χ0n) is 40.5. The van der Waals surface area contributed by atoms with E-state index in [2.05, 4.69) is 101 Å². The third-order valence-corrected chi connectivity index (χ3v) is 14.9. The van der Waals surface area contributed by atoms with Crippen LogP contribution in [0, 0.1) is 0 Å². The van der Waals surface area contributed by atoms with Gasteiger partial charge in [0.05, 0.1) is 39.2 Å². The van der Waals surface area contributed by atoms with Crippen LogP contribution in [0.15, 0.2) is 231 Å². The lowest BCUT2D eigenvalue weighted by Gasteiger charge is -2.28. The molecule has 1 aliphatic heterocycles. The maximum absolute atomic E-state index is 14.8. The molecule has 1 aliphatic carbocycles. The van der Waals surface area contributed by atoms with Crippen LogP contribution in [0.4, 0.5) is 37.7 Å². The second-order valence-electron chi connectivity index (χ2n) is 19.4. The molecule has 0 bridgehead atoms. The summed E-state index contributed by atoms with van der Waals surface area (Å²) < 4.78 is 93.2. The van der Waals surface area contributed by atoms with E-state index in [9.17, 15) is 26.3 Å². The number of hydrogen-bond donors (Lipinski definition) is 0. The van der Waals surface area contributed by atoms with Crippen LogP contribution in [-0.2, 0) is 12.4 Å². The van der Waals surface area contributed by atoms with Crippen molar-refractivity contribution in [3.63, 3.8) is 0 Å². The van der Waals surface area contributed by atoms with Gasteiger partial charge in [-0.1, -0.05) is 140 Å². The molecule has 4 heterocycles. The number of nitrogens with zero attached hydrogens (tertiary/aromatic N) is 6. The number of rotatable bonds is 7. The van der Waals surface area contributed by atoms with Crippen LogP contribution in [-0.4, -0.2) is 30.1 Å². The number of allylic oxidation sites excluding steroid dienone is 2. The summed E-state index contributed by atoms with van der Waals surface area (Å²) in [7, 11) is 0. The van der Waals surface area contributed by atoms with E-state index in [1.54, 1.807) is 12.1 Å². The quantitative estimate of drug-likeness (QED) is 0.149. The molecule has 0 radical (unpaired) electrons. The Morgan fingerprint density at radius 3 is 1.45 bits per heavy atom. The van der Waals surface area contributed by atoms with Gasteiger partial charge in [0, 0.05) is 66.9 Å². The normalized spacial score (nSPS) is 15.3. The van der Waals surface area contributed by atoms with Gasteiger partial charge in [-0.3, -0.25) is 0 Å². The Balaban J connectivity index is 1.04. The molecular formula is C65H40F6N6. The zero-order chi connectivity index (χ0) is 52.2. The summed E-state index contributed by atoms with van der Waals surface area (Å²) >= 11 is 0. The van der Waals surface area contributed by atoms with E-state index in [-0.39, 0.29) is 52.2 Å². The molecule has 2 atom stereocenters. The van der Waals surface area contributed by atoms with Crippen molar-refractivity contribution in [3.05, 3.63) is 247 Å². The van der Waals surface area contributed by atoms with Gasteiger partial charge in [0.25, 0.3) is 0 Å². The summed E-state index contributed by atoms with van der Waals surface area (Å²) in [4.78, 5) is 17.0. The van der Waals surface area contributed by atoms with Crippen molar-refractivity contribution < 1.29 is 26.3 Å². The summed E-state index contributed by atoms with van der Waals surface area (Å²) in [5, 5.41) is 3.97. The largest absolute Gasteiger partial charge is 0.416 e. The first-order chi connectivity index (χ1) is 37.4. The topological polar surface area (TPSA) is 51.8 Å². The van der Waals surface area contributed by atoms with Crippen molar-refractivity contribution in [1.29, 1.82) is 0 Å². The van der Waals surface area contributed by atoms with E-state index in [1.807, 2.05) is 114 Å². The first-order valence-electron chi connectivity index (χ1n) is 25.1. The van der Waals surface area contributed by atoms with Crippen LogP contribution < -0.4 is 4.90 Å². The Morgan fingerprint density at radius 1 is 0.364 bits per heavy atom. The molecule has 3 aromatic heterocycles. The highest BCUT2D eigenvalue weighted by Gasteiger charge is 2.39. The first kappa shape index (κ1) is 46.0. The Bertz CT molecular complexity index is 4260. The monoisotopic (exact) mass is 1020 g/mol. The Kier molecular flexibility index (Phi) is 10.5. The maximum atomic E-state index is 14.8. The fourth-order valence-electron chi connectivity index (χ4n) is 11.5. The number of fused-ring (bicyclic) bond motifs is 9. The molecule has 0 spiro atoms. The fraction of sp³-hybridized carbons (Fsp3) is 0.0615. The average molecular weight is 1020 g/mol. The summed E-state index contributed by atoms with van der Waals surface area (Å²) in [5.74, 6) is 0.739. The molecule has 0 saturated carbocycles. The third kappa shape index (κ3) is 7.69. The van der Waals surface area contributed by atoms with Gasteiger partial charge in [-0.25, -0.2) is 15.0 Å². The lowest BCUT2D eigenvalue weighted by atomic mass is 9.91. The molecule has 6 nitrogen and oxygen atoms in total. The minimum absolute atomic E-state index is 0.0146. The zero-order valence-corrected chi connectivity index (χ0v) is 40.5. The van der Waals surface area contributed by atoms with Crippen LogP contribution >= 0.6 is 0 Å². The highest BCUT2D eigenvalue weighted by atomic mass is 19.4. The Hall–Kier alpha value is -9.55. The van der Waals surface area contributed by atoms with Gasteiger partial charge in [0.2, 0.25) is 0 Å². The number of benzene rings is 9. The molecule has 0 amide bonds. The molecule has 2 aliphatic rings. The predicted molar refractivity (Wildman–Crippen MR) is 294 cm³/mol. The van der Waals surface area contributed by atoms with Crippen molar-refractivity contribution in [2.75, 3.05) is 4.90 Å². The number of alkyl halides is 6. The summed E-state index contributed by atoms with van der Waals surface area (Å²) in [6.07, 6.45) is -1.61. The van der Waals surface area contributed by atoms with Gasteiger partial charge in [0.1, 0.15) is 0 Å². The second-order valence-corrected chi connectivity index (χ2v) is 19.4.